The second-order valence-corrected chi connectivity index (χ2v) is 7.35. The molecule has 0 aromatic carbocycles. The lowest BCUT2D eigenvalue weighted by molar-refractivity contribution is -0.130. The van der Waals surface area contributed by atoms with E-state index in [9.17, 15) is 8.96 Å². The lowest BCUT2D eigenvalue weighted by atomic mass is 10.4. The number of rotatable bonds is 9. The Labute approximate surface area is 154 Å². The first kappa shape index (κ1) is 19.8. The van der Waals surface area contributed by atoms with Crippen LogP contribution in [0.5, 0.6) is 5.88 Å². The fourth-order valence-electron chi connectivity index (χ4n) is 2.55. The van der Waals surface area contributed by atoms with Crippen molar-refractivity contribution in [1.82, 2.24) is 19.5 Å². The minimum Gasteiger partial charge on any atom is -0.479 e. The molecular formula is C15H20FN4O6P. The Morgan fingerprint density at radius 2 is 2.00 bits per heavy atom. The van der Waals surface area contributed by atoms with E-state index in [0.29, 0.717) is 11.2 Å². The summed E-state index contributed by atoms with van der Waals surface area (Å²) in [7, 11) is -1.98. The fourth-order valence-corrected chi connectivity index (χ4v) is 3.89. The largest absolute Gasteiger partial charge is 0.479 e. The van der Waals surface area contributed by atoms with Crippen molar-refractivity contribution in [3.63, 3.8) is 0 Å². The van der Waals surface area contributed by atoms with Crippen LogP contribution in [-0.2, 0) is 23.1 Å². The van der Waals surface area contributed by atoms with Crippen LogP contribution in [0.15, 0.2) is 24.6 Å². The quantitative estimate of drug-likeness (QED) is 0.585. The van der Waals surface area contributed by atoms with Crippen molar-refractivity contribution in [2.75, 3.05) is 26.7 Å². The summed E-state index contributed by atoms with van der Waals surface area (Å²) in [5, 5.41) is 0. The van der Waals surface area contributed by atoms with Gasteiger partial charge in [0.15, 0.2) is 35.9 Å². The third-order valence-corrected chi connectivity index (χ3v) is 5.38. The maximum Gasteiger partial charge on any atom is 0.356 e. The Kier molecular flexibility index (Phi) is 6.18. The molecule has 0 bridgehead atoms. The summed E-state index contributed by atoms with van der Waals surface area (Å²) in [5.41, 5.74) is 0.711. The number of fused-ring (bicyclic) bond motifs is 1. The first-order chi connectivity index (χ1) is 13.0. The first-order valence-corrected chi connectivity index (χ1v) is 9.98. The highest BCUT2D eigenvalue weighted by atomic mass is 31.2. The molecule has 1 aliphatic heterocycles. The summed E-state index contributed by atoms with van der Waals surface area (Å²) < 4.78 is 54.6. The maximum atomic E-state index is 14.4. The third kappa shape index (κ3) is 4.17. The van der Waals surface area contributed by atoms with Gasteiger partial charge in [0.1, 0.15) is 6.33 Å². The van der Waals surface area contributed by atoms with E-state index in [-0.39, 0.29) is 25.4 Å². The standard InChI is InChI=1S/C15H20FN4O6P/c1-4-24-27(21,25-5-2)9-23-11-6-10(16)15(26-11)20-8-19-12-13(20)17-7-18-14(12)22-3/h6-8,11,15H,4-5,9H2,1-3H3. The van der Waals surface area contributed by atoms with Crippen LogP contribution in [0.4, 0.5) is 4.39 Å². The van der Waals surface area contributed by atoms with Crippen LogP contribution in [0.1, 0.15) is 20.1 Å². The minimum atomic E-state index is -3.43. The molecule has 12 heteroatoms. The van der Waals surface area contributed by atoms with Crippen molar-refractivity contribution >= 4 is 18.8 Å². The summed E-state index contributed by atoms with van der Waals surface area (Å²) in [4.78, 5) is 12.2. The van der Waals surface area contributed by atoms with Gasteiger partial charge in [0, 0.05) is 6.08 Å². The monoisotopic (exact) mass is 402 g/mol. The van der Waals surface area contributed by atoms with Gasteiger partial charge in [-0.3, -0.25) is 9.13 Å². The molecule has 148 valence electrons. The van der Waals surface area contributed by atoms with Crippen molar-refractivity contribution in [3.8, 4) is 5.88 Å². The van der Waals surface area contributed by atoms with Gasteiger partial charge in [-0.1, -0.05) is 0 Å². The van der Waals surface area contributed by atoms with Gasteiger partial charge in [-0.15, -0.1) is 0 Å². The lowest BCUT2D eigenvalue weighted by Crippen LogP contribution is -2.17. The Hall–Kier alpha value is -1.91. The van der Waals surface area contributed by atoms with E-state index in [1.165, 1.54) is 24.3 Å². The van der Waals surface area contributed by atoms with E-state index in [4.69, 9.17) is 23.3 Å². The predicted molar refractivity (Wildman–Crippen MR) is 91.8 cm³/mol. The van der Waals surface area contributed by atoms with Crippen molar-refractivity contribution in [3.05, 3.63) is 24.6 Å². The first-order valence-electron chi connectivity index (χ1n) is 8.25. The zero-order valence-electron chi connectivity index (χ0n) is 15.1. The maximum absolute atomic E-state index is 14.4. The van der Waals surface area contributed by atoms with Gasteiger partial charge in [0.2, 0.25) is 5.88 Å². The van der Waals surface area contributed by atoms with Gasteiger partial charge in [0.05, 0.1) is 26.7 Å². The molecule has 10 nitrogen and oxygen atoms in total. The van der Waals surface area contributed by atoms with Crippen LogP contribution in [0.25, 0.3) is 11.2 Å². The van der Waals surface area contributed by atoms with Crippen LogP contribution in [0, 0.1) is 0 Å². The average molecular weight is 402 g/mol. The second kappa shape index (κ2) is 8.41. The molecule has 0 saturated heterocycles. The van der Waals surface area contributed by atoms with Crippen molar-refractivity contribution in [2.45, 2.75) is 26.4 Å². The van der Waals surface area contributed by atoms with E-state index in [0.717, 1.165) is 6.08 Å². The molecule has 2 aromatic heterocycles. The molecule has 0 aliphatic carbocycles. The molecule has 27 heavy (non-hydrogen) atoms. The highest BCUT2D eigenvalue weighted by Gasteiger charge is 2.34. The number of methoxy groups -OCH3 is 1. The zero-order chi connectivity index (χ0) is 19.4. The number of ether oxygens (including phenoxy) is 3. The molecule has 0 fully saturated rings. The molecule has 0 N–H and O–H groups in total. The number of imidazole rings is 1. The van der Waals surface area contributed by atoms with E-state index in [2.05, 4.69) is 15.0 Å². The van der Waals surface area contributed by atoms with E-state index in [1.54, 1.807) is 13.8 Å². The van der Waals surface area contributed by atoms with Crippen LogP contribution in [0.2, 0.25) is 0 Å². The van der Waals surface area contributed by atoms with Gasteiger partial charge in [-0.25, -0.2) is 14.4 Å². The van der Waals surface area contributed by atoms with Crippen molar-refractivity contribution in [2.24, 2.45) is 0 Å². The average Bonchev–Trinajstić information content (AvgIpc) is 3.23. The SMILES string of the molecule is CCOP(=O)(COC1C=C(F)C(n2cnc3c(OC)ncnc32)O1)OCC. The molecule has 2 aromatic rings. The van der Waals surface area contributed by atoms with Gasteiger partial charge in [-0.2, -0.15) is 4.98 Å². The smallest absolute Gasteiger partial charge is 0.356 e. The van der Waals surface area contributed by atoms with Crippen molar-refractivity contribution < 1.29 is 32.2 Å². The summed E-state index contributed by atoms with van der Waals surface area (Å²) in [6, 6.07) is 0. The van der Waals surface area contributed by atoms with E-state index >= 15 is 0 Å². The summed E-state index contributed by atoms with van der Waals surface area (Å²) >= 11 is 0. The van der Waals surface area contributed by atoms with E-state index < -0.39 is 25.9 Å². The van der Waals surface area contributed by atoms with Crippen LogP contribution in [-0.4, -0.2) is 52.5 Å². The molecule has 0 saturated carbocycles. The fraction of sp³-hybridized carbons (Fsp3) is 0.533. The molecule has 3 rings (SSSR count). The highest BCUT2D eigenvalue weighted by Crippen LogP contribution is 2.48. The molecule has 0 amide bonds. The number of hydrogen-bond acceptors (Lipinski definition) is 9. The molecule has 1 aliphatic rings. The highest BCUT2D eigenvalue weighted by molar-refractivity contribution is 7.53. The number of aromatic nitrogens is 4. The van der Waals surface area contributed by atoms with E-state index in [1.807, 2.05) is 0 Å². The van der Waals surface area contributed by atoms with Crippen molar-refractivity contribution in [1.29, 1.82) is 0 Å². The summed E-state index contributed by atoms with van der Waals surface area (Å²) in [6.07, 6.45) is 1.23. The molecule has 0 radical (unpaired) electrons. The Morgan fingerprint density at radius 3 is 2.67 bits per heavy atom. The van der Waals surface area contributed by atoms with Gasteiger partial charge >= 0.3 is 7.60 Å². The van der Waals surface area contributed by atoms with Crippen LogP contribution in [0.3, 0.4) is 0 Å². The Bertz CT molecular complexity index is 865. The minimum absolute atomic E-state index is 0.196. The van der Waals surface area contributed by atoms with Gasteiger partial charge < -0.3 is 23.3 Å². The van der Waals surface area contributed by atoms with Crippen LogP contribution < -0.4 is 4.74 Å². The Balaban J connectivity index is 1.73. The molecule has 2 unspecified atom stereocenters. The molecule has 2 atom stereocenters. The second-order valence-electron chi connectivity index (χ2n) is 5.36. The molecule has 3 heterocycles. The molecular weight excluding hydrogens is 382 g/mol. The van der Waals surface area contributed by atoms with Gasteiger partial charge in [-0.05, 0) is 13.8 Å². The Morgan fingerprint density at radius 1 is 1.26 bits per heavy atom. The topological polar surface area (TPSA) is 107 Å². The summed E-state index contributed by atoms with van der Waals surface area (Å²) in [6.45, 7) is 3.77. The van der Waals surface area contributed by atoms with Crippen LogP contribution >= 0.6 is 7.60 Å². The lowest BCUT2D eigenvalue weighted by Gasteiger charge is -2.20. The number of halogens is 1. The number of hydrogen-bond donors (Lipinski definition) is 0. The third-order valence-electron chi connectivity index (χ3n) is 3.61. The van der Waals surface area contributed by atoms with Gasteiger partial charge in [0.25, 0.3) is 0 Å². The zero-order valence-corrected chi connectivity index (χ0v) is 16.0. The molecule has 0 spiro atoms. The number of nitrogens with zero attached hydrogens (tertiary/aromatic N) is 4. The normalized spacial score (nSPS) is 20.2. The summed E-state index contributed by atoms with van der Waals surface area (Å²) in [5.74, 6) is -0.331. The predicted octanol–water partition coefficient (Wildman–Crippen LogP) is 2.78.